The Balaban J connectivity index is 2.17. The van der Waals surface area contributed by atoms with E-state index in [2.05, 4.69) is 10.1 Å². The summed E-state index contributed by atoms with van der Waals surface area (Å²) in [5, 5.41) is 5.36. The fourth-order valence-corrected chi connectivity index (χ4v) is 1.74. The van der Waals surface area contributed by atoms with Crippen LogP contribution in [-0.2, 0) is 0 Å². The molecule has 0 aliphatic heterocycles. The van der Waals surface area contributed by atoms with Gasteiger partial charge in [-0.15, -0.1) is 0 Å². The lowest BCUT2D eigenvalue weighted by Crippen LogP contribution is -1.93. The van der Waals surface area contributed by atoms with Crippen LogP contribution in [-0.4, -0.2) is 21.1 Å². The van der Waals surface area contributed by atoms with Gasteiger partial charge < -0.3 is 0 Å². The van der Waals surface area contributed by atoms with Crippen LogP contribution in [0.5, 0.6) is 0 Å². The van der Waals surface area contributed by atoms with E-state index >= 15 is 0 Å². The van der Waals surface area contributed by atoms with Gasteiger partial charge in [0.15, 0.2) is 0 Å². The summed E-state index contributed by atoms with van der Waals surface area (Å²) in [6.45, 7) is 0. The van der Waals surface area contributed by atoms with E-state index in [4.69, 9.17) is 0 Å². The molecule has 3 aromatic rings. The number of aldehydes is 1. The summed E-state index contributed by atoms with van der Waals surface area (Å²) in [4.78, 5) is 14.7. The Morgan fingerprint density at radius 3 is 2.94 bits per heavy atom. The van der Waals surface area contributed by atoms with E-state index in [-0.39, 0.29) is 0 Å². The van der Waals surface area contributed by atoms with E-state index in [1.165, 1.54) is 0 Å². The zero-order valence-corrected chi connectivity index (χ0v) is 8.95. The smallest absolute Gasteiger partial charge is 0.150 e. The van der Waals surface area contributed by atoms with Crippen LogP contribution in [0, 0.1) is 0 Å². The van der Waals surface area contributed by atoms with Crippen LogP contribution >= 0.6 is 0 Å². The number of fused-ring (bicyclic) bond motifs is 1. The van der Waals surface area contributed by atoms with Gasteiger partial charge in [0, 0.05) is 23.3 Å². The maximum atomic E-state index is 10.7. The SMILES string of the molecule is O=Cc1ccc2nn(-c3cccnc3)cc2c1. The van der Waals surface area contributed by atoms with Crippen molar-refractivity contribution in [1.29, 1.82) is 0 Å². The minimum absolute atomic E-state index is 0.656. The molecule has 0 radical (unpaired) electrons. The molecule has 82 valence electrons. The molecular formula is C13H9N3O. The Morgan fingerprint density at radius 2 is 2.18 bits per heavy atom. The highest BCUT2D eigenvalue weighted by Crippen LogP contribution is 2.16. The fraction of sp³-hybridized carbons (Fsp3) is 0. The van der Waals surface area contributed by atoms with Gasteiger partial charge in [0.2, 0.25) is 0 Å². The average molecular weight is 223 g/mol. The summed E-state index contributed by atoms with van der Waals surface area (Å²) in [7, 11) is 0. The van der Waals surface area contributed by atoms with Gasteiger partial charge in [-0.25, -0.2) is 4.68 Å². The quantitative estimate of drug-likeness (QED) is 0.626. The van der Waals surface area contributed by atoms with Gasteiger partial charge in [0.25, 0.3) is 0 Å². The molecule has 0 unspecified atom stereocenters. The van der Waals surface area contributed by atoms with Crippen LogP contribution in [0.25, 0.3) is 16.6 Å². The molecule has 0 bridgehead atoms. The molecule has 2 heterocycles. The minimum atomic E-state index is 0.656. The normalized spacial score (nSPS) is 10.6. The lowest BCUT2D eigenvalue weighted by Gasteiger charge is -1.97. The van der Waals surface area contributed by atoms with Gasteiger partial charge in [-0.1, -0.05) is 0 Å². The van der Waals surface area contributed by atoms with E-state index in [0.717, 1.165) is 22.9 Å². The third kappa shape index (κ3) is 1.69. The lowest BCUT2D eigenvalue weighted by atomic mass is 10.2. The molecule has 17 heavy (non-hydrogen) atoms. The molecule has 0 aliphatic rings. The lowest BCUT2D eigenvalue weighted by molar-refractivity contribution is 0.112. The van der Waals surface area contributed by atoms with Gasteiger partial charge in [0.1, 0.15) is 6.29 Å². The van der Waals surface area contributed by atoms with E-state index < -0.39 is 0 Å². The first-order valence-electron chi connectivity index (χ1n) is 5.22. The number of carbonyl (C=O) groups excluding carboxylic acids is 1. The summed E-state index contributed by atoms with van der Waals surface area (Å²) in [6.07, 6.45) is 6.18. The van der Waals surface area contributed by atoms with Crippen molar-refractivity contribution in [2.45, 2.75) is 0 Å². The second-order valence-electron chi connectivity index (χ2n) is 3.72. The van der Waals surface area contributed by atoms with Gasteiger partial charge in [-0.05, 0) is 30.3 Å². The fourth-order valence-electron chi connectivity index (χ4n) is 1.74. The maximum Gasteiger partial charge on any atom is 0.150 e. The van der Waals surface area contributed by atoms with E-state index in [1.54, 1.807) is 23.1 Å². The number of rotatable bonds is 2. The number of pyridine rings is 1. The van der Waals surface area contributed by atoms with Crippen LogP contribution < -0.4 is 0 Å². The van der Waals surface area contributed by atoms with Crippen molar-refractivity contribution in [3.05, 3.63) is 54.5 Å². The number of hydrogen-bond donors (Lipinski definition) is 0. The molecule has 0 aliphatic carbocycles. The van der Waals surface area contributed by atoms with Crippen molar-refractivity contribution in [2.75, 3.05) is 0 Å². The Hall–Kier alpha value is -2.49. The van der Waals surface area contributed by atoms with Crippen LogP contribution in [0.1, 0.15) is 10.4 Å². The molecular weight excluding hydrogens is 214 g/mol. The topological polar surface area (TPSA) is 47.8 Å². The maximum absolute atomic E-state index is 10.7. The van der Waals surface area contributed by atoms with Crippen molar-refractivity contribution in [3.63, 3.8) is 0 Å². The molecule has 4 nitrogen and oxygen atoms in total. The highest BCUT2D eigenvalue weighted by atomic mass is 16.1. The highest BCUT2D eigenvalue weighted by Gasteiger charge is 2.03. The molecule has 0 saturated carbocycles. The first-order chi connectivity index (χ1) is 8.36. The average Bonchev–Trinajstić information content (AvgIpc) is 2.82. The minimum Gasteiger partial charge on any atom is -0.298 e. The Morgan fingerprint density at radius 1 is 1.24 bits per heavy atom. The molecule has 1 aromatic carbocycles. The van der Waals surface area contributed by atoms with Crippen LogP contribution in [0.3, 0.4) is 0 Å². The largest absolute Gasteiger partial charge is 0.298 e. The zero-order chi connectivity index (χ0) is 11.7. The molecule has 3 rings (SSSR count). The van der Waals surface area contributed by atoms with Gasteiger partial charge in [-0.2, -0.15) is 5.10 Å². The van der Waals surface area contributed by atoms with Crippen LogP contribution in [0.2, 0.25) is 0 Å². The standard InChI is InChI=1S/C13H9N3O/c17-9-10-3-4-13-11(6-10)8-16(15-13)12-2-1-5-14-7-12/h1-9H. The Bertz CT molecular complexity index is 673. The van der Waals surface area contributed by atoms with Crippen molar-refractivity contribution < 1.29 is 4.79 Å². The monoisotopic (exact) mass is 223 g/mol. The zero-order valence-electron chi connectivity index (χ0n) is 8.95. The second kappa shape index (κ2) is 3.83. The molecule has 0 amide bonds. The summed E-state index contributed by atoms with van der Waals surface area (Å²) in [6, 6.07) is 9.21. The van der Waals surface area contributed by atoms with Crippen molar-refractivity contribution in [1.82, 2.24) is 14.8 Å². The van der Waals surface area contributed by atoms with E-state index in [1.807, 2.05) is 30.5 Å². The number of carbonyl (C=O) groups is 1. The summed E-state index contributed by atoms with van der Waals surface area (Å²) in [5.74, 6) is 0. The Kier molecular flexibility index (Phi) is 2.19. The van der Waals surface area contributed by atoms with Gasteiger partial charge >= 0.3 is 0 Å². The van der Waals surface area contributed by atoms with E-state index in [0.29, 0.717) is 5.56 Å². The molecule has 0 atom stereocenters. The molecule has 4 heteroatoms. The summed E-state index contributed by atoms with van der Waals surface area (Å²) >= 11 is 0. The molecule has 0 spiro atoms. The van der Waals surface area contributed by atoms with Gasteiger partial charge in [0.05, 0.1) is 17.4 Å². The third-order valence-electron chi connectivity index (χ3n) is 2.57. The van der Waals surface area contributed by atoms with Crippen molar-refractivity contribution in [3.8, 4) is 5.69 Å². The summed E-state index contributed by atoms with van der Waals surface area (Å²) < 4.78 is 1.76. The predicted octanol–water partition coefficient (Wildman–Crippen LogP) is 2.23. The number of nitrogens with zero attached hydrogens (tertiary/aromatic N) is 3. The predicted molar refractivity (Wildman–Crippen MR) is 64.3 cm³/mol. The van der Waals surface area contributed by atoms with E-state index in [9.17, 15) is 4.79 Å². The van der Waals surface area contributed by atoms with Crippen molar-refractivity contribution in [2.24, 2.45) is 0 Å². The number of hydrogen-bond acceptors (Lipinski definition) is 3. The van der Waals surface area contributed by atoms with Gasteiger partial charge in [-0.3, -0.25) is 9.78 Å². The molecule has 0 N–H and O–H groups in total. The van der Waals surface area contributed by atoms with Crippen LogP contribution in [0.4, 0.5) is 0 Å². The third-order valence-corrected chi connectivity index (χ3v) is 2.57. The van der Waals surface area contributed by atoms with Crippen LogP contribution in [0.15, 0.2) is 48.9 Å². The molecule has 0 saturated heterocycles. The first-order valence-corrected chi connectivity index (χ1v) is 5.22. The second-order valence-corrected chi connectivity index (χ2v) is 3.72. The van der Waals surface area contributed by atoms with Crippen molar-refractivity contribution >= 4 is 17.2 Å². The highest BCUT2D eigenvalue weighted by molar-refractivity contribution is 5.86. The first kappa shape index (κ1) is 9.72. The molecule has 2 aromatic heterocycles. The Labute approximate surface area is 97.5 Å². The molecule has 0 fully saturated rings. The number of benzene rings is 1. The number of aromatic nitrogens is 3. The summed E-state index contributed by atoms with van der Waals surface area (Å²) in [5.41, 5.74) is 2.42.